The van der Waals surface area contributed by atoms with Gasteiger partial charge in [0.05, 0.1) is 24.8 Å². The third kappa shape index (κ3) is 5.76. The summed E-state index contributed by atoms with van der Waals surface area (Å²) < 4.78 is 13.4. The zero-order valence-corrected chi connectivity index (χ0v) is 19.8. The Morgan fingerprint density at radius 1 is 0.971 bits per heavy atom. The minimum Gasteiger partial charge on any atom is -0.497 e. The molecule has 0 radical (unpaired) electrons. The van der Waals surface area contributed by atoms with E-state index in [0.29, 0.717) is 18.7 Å². The summed E-state index contributed by atoms with van der Waals surface area (Å²) in [6.07, 6.45) is 2.48. The van der Waals surface area contributed by atoms with Crippen molar-refractivity contribution in [2.75, 3.05) is 20.3 Å². The van der Waals surface area contributed by atoms with Crippen molar-refractivity contribution in [1.82, 2.24) is 14.9 Å². The summed E-state index contributed by atoms with van der Waals surface area (Å²) in [5.74, 6) is 2.63. The Labute approximate surface area is 200 Å². The highest BCUT2D eigenvalue weighted by Gasteiger charge is 2.11. The molecule has 0 saturated heterocycles. The van der Waals surface area contributed by atoms with Crippen molar-refractivity contribution in [3.8, 4) is 11.5 Å². The number of nitrogens with zero attached hydrogens (tertiary/aromatic N) is 2. The van der Waals surface area contributed by atoms with E-state index in [1.165, 1.54) is 0 Å². The molecule has 0 aliphatic heterocycles. The number of carbonyl (C=O) groups is 1. The highest BCUT2D eigenvalue weighted by molar-refractivity contribution is 5.94. The summed E-state index contributed by atoms with van der Waals surface area (Å²) in [7, 11) is 1.61. The molecular formula is C28H31N3O3. The number of hydrogen-bond donors (Lipinski definition) is 1. The summed E-state index contributed by atoms with van der Waals surface area (Å²) in [5.41, 5.74) is 3.91. The van der Waals surface area contributed by atoms with Gasteiger partial charge in [0.1, 0.15) is 17.3 Å². The number of aromatic nitrogens is 2. The van der Waals surface area contributed by atoms with Crippen molar-refractivity contribution in [2.45, 2.75) is 32.7 Å². The van der Waals surface area contributed by atoms with Crippen molar-refractivity contribution in [3.63, 3.8) is 0 Å². The monoisotopic (exact) mass is 457 g/mol. The molecule has 0 spiro atoms. The molecule has 1 heterocycles. The first-order valence-electron chi connectivity index (χ1n) is 11.7. The number of methoxy groups -OCH3 is 1. The van der Waals surface area contributed by atoms with Crippen LogP contribution in [0.4, 0.5) is 0 Å². The van der Waals surface area contributed by atoms with Gasteiger partial charge in [-0.2, -0.15) is 0 Å². The van der Waals surface area contributed by atoms with Gasteiger partial charge in [-0.1, -0.05) is 30.3 Å². The first kappa shape index (κ1) is 23.4. The van der Waals surface area contributed by atoms with Gasteiger partial charge in [0.15, 0.2) is 0 Å². The van der Waals surface area contributed by atoms with Crippen LogP contribution in [0.3, 0.4) is 0 Å². The van der Waals surface area contributed by atoms with Crippen molar-refractivity contribution >= 4 is 16.9 Å². The first-order chi connectivity index (χ1) is 16.7. The van der Waals surface area contributed by atoms with Crippen LogP contribution in [0.1, 0.15) is 34.6 Å². The summed E-state index contributed by atoms with van der Waals surface area (Å²) in [6.45, 7) is 4.13. The lowest BCUT2D eigenvalue weighted by molar-refractivity contribution is 0.0953. The SMILES string of the molecule is COc1ccc(C(=O)NCCCc2nc3ccccc3n2CCCOc2ccccc2C)cc1. The van der Waals surface area contributed by atoms with E-state index in [2.05, 4.69) is 28.9 Å². The predicted molar refractivity (Wildman–Crippen MR) is 135 cm³/mol. The largest absolute Gasteiger partial charge is 0.497 e. The number of carbonyl (C=O) groups excluding carboxylic acids is 1. The number of aryl methyl sites for hydroxylation is 3. The normalized spacial score (nSPS) is 10.9. The standard InChI is InChI=1S/C28H31N3O3/c1-21-9-3-6-12-26(21)34-20-8-19-31-25-11-5-4-10-24(25)30-27(31)13-7-18-29-28(32)22-14-16-23(33-2)17-15-22/h3-6,9-12,14-17H,7-8,13,18-20H2,1-2H3,(H,29,32). The first-order valence-corrected chi connectivity index (χ1v) is 11.7. The molecule has 6 heteroatoms. The van der Waals surface area contributed by atoms with Gasteiger partial charge in [0, 0.05) is 25.1 Å². The van der Waals surface area contributed by atoms with Gasteiger partial charge in [0.25, 0.3) is 5.91 Å². The number of imidazole rings is 1. The maximum Gasteiger partial charge on any atom is 0.251 e. The Bertz CT molecular complexity index is 1230. The summed E-state index contributed by atoms with van der Waals surface area (Å²) in [6, 6.07) is 23.4. The smallest absolute Gasteiger partial charge is 0.251 e. The van der Waals surface area contributed by atoms with E-state index < -0.39 is 0 Å². The quantitative estimate of drug-likeness (QED) is 0.315. The zero-order valence-electron chi connectivity index (χ0n) is 19.8. The zero-order chi connectivity index (χ0) is 23.8. The molecule has 1 N–H and O–H groups in total. The highest BCUT2D eigenvalue weighted by Crippen LogP contribution is 2.19. The van der Waals surface area contributed by atoms with E-state index in [1.54, 1.807) is 31.4 Å². The molecule has 0 saturated carbocycles. The number of benzene rings is 3. The lowest BCUT2D eigenvalue weighted by atomic mass is 10.2. The van der Waals surface area contributed by atoms with Crippen LogP contribution in [-0.4, -0.2) is 35.7 Å². The third-order valence-corrected chi connectivity index (χ3v) is 5.83. The number of rotatable bonds is 11. The summed E-state index contributed by atoms with van der Waals surface area (Å²) >= 11 is 0. The molecule has 3 aromatic carbocycles. The van der Waals surface area contributed by atoms with Crippen LogP contribution in [-0.2, 0) is 13.0 Å². The minimum absolute atomic E-state index is 0.0792. The number of para-hydroxylation sites is 3. The van der Waals surface area contributed by atoms with Crippen LogP contribution in [0.25, 0.3) is 11.0 Å². The molecule has 0 fully saturated rings. The van der Waals surface area contributed by atoms with Crippen molar-refractivity contribution in [2.24, 2.45) is 0 Å². The van der Waals surface area contributed by atoms with E-state index in [-0.39, 0.29) is 5.91 Å². The number of amides is 1. The highest BCUT2D eigenvalue weighted by atomic mass is 16.5. The molecule has 4 aromatic rings. The molecule has 0 aliphatic carbocycles. The molecule has 0 aliphatic rings. The molecule has 6 nitrogen and oxygen atoms in total. The van der Waals surface area contributed by atoms with E-state index in [4.69, 9.17) is 14.5 Å². The average molecular weight is 458 g/mol. The lowest BCUT2D eigenvalue weighted by Gasteiger charge is -2.12. The van der Waals surface area contributed by atoms with Crippen LogP contribution < -0.4 is 14.8 Å². The second-order valence-corrected chi connectivity index (χ2v) is 8.22. The molecule has 0 bridgehead atoms. The fourth-order valence-electron chi connectivity index (χ4n) is 3.98. The van der Waals surface area contributed by atoms with Crippen LogP contribution >= 0.6 is 0 Å². The van der Waals surface area contributed by atoms with Gasteiger partial charge < -0.3 is 19.4 Å². The molecule has 4 rings (SSSR count). The van der Waals surface area contributed by atoms with Crippen molar-refractivity contribution in [3.05, 3.63) is 89.7 Å². The maximum atomic E-state index is 12.4. The van der Waals surface area contributed by atoms with Crippen molar-refractivity contribution in [1.29, 1.82) is 0 Å². The number of ether oxygens (including phenoxy) is 2. The number of nitrogens with one attached hydrogen (secondary N) is 1. The van der Waals surface area contributed by atoms with E-state index >= 15 is 0 Å². The Morgan fingerprint density at radius 2 is 1.74 bits per heavy atom. The minimum atomic E-state index is -0.0792. The molecule has 0 unspecified atom stereocenters. The van der Waals surface area contributed by atoms with Crippen LogP contribution in [0.5, 0.6) is 11.5 Å². The van der Waals surface area contributed by atoms with Gasteiger partial charge in [-0.15, -0.1) is 0 Å². The Hall–Kier alpha value is -3.80. The number of hydrogen-bond acceptors (Lipinski definition) is 4. The maximum absolute atomic E-state index is 12.4. The molecular weight excluding hydrogens is 426 g/mol. The predicted octanol–water partition coefficient (Wildman–Crippen LogP) is 5.19. The van der Waals surface area contributed by atoms with E-state index in [1.807, 2.05) is 36.4 Å². The second kappa shape index (κ2) is 11.4. The molecule has 0 atom stereocenters. The lowest BCUT2D eigenvalue weighted by Crippen LogP contribution is -2.25. The van der Waals surface area contributed by atoms with Gasteiger partial charge in [0.2, 0.25) is 0 Å². The van der Waals surface area contributed by atoms with Crippen LogP contribution in [0.15, 0.2) is 72.8 Å². The van der Waals surface area contributed by atoms with Gasteiger partial charge in [-0.05, 0) is 67.8 Å². The summed E-state index contributed by atoms with van der Waals surface area (Å²) in [5, 5.41) is 3.00. The molecule has 34 heavy (non-hydrogen) atoms. The van der Waals surface area contributed by atoms with Gasteiger partial charge in [-0.3, -0.25) is 4.79 Å². The van der Waals surface area contributed by atoms with Gasteiger partial charge >= 0.3 is 0 Å². The van der Waals surface area contributed by atoms with Crippen LogP contribution in [0, 0.1) is 6.92 Å². The summed E-state index contributed by atoms with van der Waals surface area (Å²) in [4.78, 5) is 17.2. The Kier molecular flexibility index (Phi) is 7.81. The van der Waals surface area contributed by atoms with E-state index in [9.17, 15) is 4.79 Å². The molecule has 1 amide bonds. The number of fused-ring (bicyclic) bond motifs is 1. The fraction of sp³-hybridized carbons (Fsp3) is 0.286. The van der Waals surface area contributed by atoms with Crippen LogP contribution in [0.2, 0.25) is 0 Å². The van der Waals surface area contributed by atoms with E-state index in [0.717, 1.165) is 59.7 Å². The van der Waals surface area contributed by atoms with Gasteiger partial charge in [-0.25, -0.2) is 4.98 Å². The van der Waals surface area contributed by atoms with Crippen molar-refractivity contribution < 1.29 is 14.3 Å². The third-order valence-electron chi connectivity index (χ3n) is 5.83. The molecule has 176 valence electrons. The Morgan fingerprint density at radius 3 is 2.53 bits per heavy atom. The second-order valence-electron chi connectivity index (χ2n) is 8.22. The Balaban J connectivity index is 1.32. The topological polar surface area (TPSA) is 65.4 Å². The molecule has 1 aromatic heterocycles. The average Bonchev–Trinajstić information content (AvgIpc) is 3.22. The fourth-order valence-corrected chi connectivity index (χ4v) is 3.98.